The zero-order valence-electron chi connectivity index (χ0n) is 59.5. The van der Waals surface area contributed by atoms with Crippen LogP contribution in [0.4, 0.5) is 0 Å². The third-order valence-corrected chi connectivity index (χ3v) is 19.1. The number of Topliss-reactive ketones (excluding diaryl/α,β-unsaturated/α-hetero) is 2. The largest absolute Gasteiger partial charge is 0.396 e. The van der Waals surface area contributed by atoms with Crippen LogP contribution in [0.5, 0.6) is 0 Å². The van der Waals surface area contributed by atoms with E-state index in [4.69, 9.17) is 16.6 Å². The van der Waals surface area contributed by atoms with Gasteiger partial charge < -0.3 is 88.3 Å². The Morgan fingerprint density at radius 2 is 0.780 bits per heavy atom. The quantitative estimate of drug-likeness (QED) is 0.0768. The van der Waals surface area contributed by atoms with Crippen LogP contribution < -0.4 is 43.4 Å². The monoisotopic (exact) mass is 1370 g/mol. The Bertz CT molecular complexity index is 4280. The fourth-order valence-corrected chi connectivity index (χ4v) is 13.7. The highest BCUT2D eigenvalue weighted by Crippen LogP contribution is 2.50. The van der Waals surface area contributed by atoms with Crippen LogP contribution in [0.15, 0.2) is 48.5 Å². The Kier molecular flexibility index (Phi) is 21.8. The number of aliphatic hydroxyl groups is 1. The third kappa shape index (κ3) is 15.7. The van der Waals surface area contributed by atoms with Crippen molar-refractivity contribution < 1.29 is 43.5 Å². The number of hydrogen-bond acceptors (Lipinski definition) is 11. The van der Waals surface area contributed by atoms with Gasteiger partial charge in [0.15, 0.2) is 11.6 Å². The maximum atomic E-state index is 11.7. The van der Waals surface area contributed by atoms with Crippen molar-refractivity contribution in [2.45, 2.75) is 209 Å². The Morgan fingerprint density at radius 3 is 1.18 bits per heavy atom. The number of carbonyl (C=O) groups is 8. The summed E-state index contributed by atoms with van der Waals surface area (Å²) in [7, 11) is 0. The number of rotatable bonds is 5. The molecule has 100 heavy (non-hydrogen) atoms. The molecule has 8 aromatic heterocycles. The molecule has 25 nitrogen and oxygen atoms in total. The Balaban J connectivity index is 0.000000133. The number of aliphatic hydroxyl groups excluding tert-OH is 1. The topological polar surface area (TPSA) is 407 Å². The molecular formula is C75H102N16O9. The molecule has 19 N–H and O–H groups in total. The van der Waals surface area contributed by atoms with Crippen LogP contribution in [0.25, 0.3) is 0 Å². The number of aromatic nitrogens is 8. The number of nitrogens with one attached hydrogen (secondary N) is 14. The minimum atomic E-state index is -0.0179. The molecule has 1 spiro atoms. The molecule has 536 valence electrons. The van der Waals surface area contributed by atoms with Gasteiger partial charge in [-0.1, -0.05) is 49.0 Å². The molecule has 0 aromatic carbocycles. The lowest BCUT2D eigenvalue weighted by atomic mass is 9.92. The number of carbonyl (C=O) groups excluding carboxylic acids is 8. The van der Waals surface area contributed by atoms with E-state index >= 15 is 0 Å². The first-order valence-electron chi connectivity index (χ1n) is 34.2. The number of amides is 6. The molecule has 1 fully saturated rings. The standard InChI is InChI=1S/C12H16N2O.C11H16N2O.2C9H13N3O.C9H11NO2.2C8H10N2O.C8H9NO.CH4/c1-11(2,3)8-6-7-9(13-8)12(4-5-12)14-10(7)15;1-6-9-7(10(14)12-6)5-8(13-9)11(2,3)4;2*1-5-4-6-8(11-5)7(2-3-10)12-9(6)13;1-5-2-7-8(12)3-6(4-11)9(7)10-5;2*1-4-3-6-7(9-4)5(2)10-8(6)11;1-5-4-6-7(9-5)2-3-8(6)10;/h6,13H,4-5H2,1-3H3,(H,14,15);5-6,13H,1-4H3,(H,12,14);2*4,7,11H,2-3,10H2,1H3,(H,12,13);2,6,10-11H,3-4H2,1H3;2*3,5,9H,1-2H3,(H,10,11);4,9H,2-3H2,1H3;1H4/t;;7-;;;2*5-;;/m..1..10../s1. The number of ketones is 2. The van der Waals surface area contributed by atoms with Gasteiger partial charge in [0.2, 0.25) is 0 Å². The molecule has 0 radical (unpaired) electrons. The third-order valence-electron chi connectivity index (χ3n) is 19.1. The highest BCUT2D eigenvalue weighted by atomic mass is 16.3. The molecule has 9 aliphatic rings. The van der Waals surface area contributed by atoms with Gasteiger partial charge in [0.25, 0.3) is 35.4 Å². The van der Waals surface area contributed by atoms with Gasteiger partial charge in [-0.15, -0.1) is 0 Å². The van der Waals surface area contributed by atoms with Gasteiger partial charge in [-0.2, -0.15) is 0 Å². The second kappa shape index (κ2) is 29.2. The molecule has 0 saturated heterocycles. The van der Waals surface area contributed by atoms with Gasteiger partial charge in [0.05, 0.1) is 110 Å². The van der Waals surface area contributed by atoms with Gasteiger partial charge in [0.1, 0.15) is 0 Å². The van der Waals surface area contributed by atoms with Gasteiger partial charge in [-0.3, -0.25) is 38.4 Å². The Labute approximate surface area is 583 Å². The van der Waals surface area contributed by atoms with Crippen molar-refractivity contribution in [3.8, 4) is 0 Å². The van der Waals surface area contributed by atoms with Crippen LogP contribution in [0.1, 0.15) is 318 Å². The second-order valence-electron chi connectivity index (χ2n) is 29.5. The average molecular weight is 1370 g/mol. The Morgan fingerprint density at radius 1 is 0.420 bits per heavy atom. The molecule has 6 amide bonds. The number of hydrogen-bond donors (Lipinski definition) is 17. The van der Waals surface area contributed by atoms with E-state index in [-0.39, 0.29) is 108 Å². The molecule has 14 heterocycles. The zero-order chi connectivity index (χ0) is 72.1. The lowest BCUT2D eigenvalue weighted by Gasteiger charge is -2.17. The summed E-state index contributed by atoms with van der Waals surface area (Å²) < 4.78 is 0. The van der Waals surface area contributed by atoms with E-state index in [0.717, 1.165) is 168 Å². The minimum Gasteiger partial charge on any atom is -0.396 e. The van der Waals surface area contributed by atoms with E-state index in [0.29, 0.717) is 31.7 Å². The second-order valence-corrected chi connectivity index (χ2v) is 29.5. The number of H-pyrrole nitrogens is 8. The van der Waals surface area contributed by atoms with Crippen LogP contribution in [-0.4, -0.2) is 112 Å². The van der Waals surface area contributed by atoms with Crippen molar-refractivity contribution >= 4 is 47.0 Å². The molecule has 17 rings (SSSR count). The van der Waals surface area contributed by atoms with Crippen molar-refractivity contribution in [3.63, 3.8) is 0 Å². The zero-order valence-corrected chi connectivity index (χ0v) is 59.5. The summed E-state index contributed by atoms with van der Waals surface area (Å²) in [6.45, 7) is 31.8. The van der Waals surface area contributed by atoms with E-state index < -0.39 is 0 Å². The fraction of sp³-hybridized carbons (Fsp3) is 0.467. The SMILES string of the molecule is C.CC(C)(C)c1cc2c([nH]1)C1(CC1)NC2=O.CC1NC(=O)c2cc(C(C)(C)C)[nH]c21.Cc1cc2c([nH]1)C(CCN)NC2=O.Cc1cc2c([nH]1)C(CO)CC2=O.Cc1cc2c([nH]1)CCC2=O.Cc1cc2c([nH]1)[C@@H](C)NC2=O.Cc1cc2c([nH]1)[C@@H](CCN)NC2=O.Cc1cc2c([nH]1)[C@H](C)NC2=O. The smallest absolute Gasteiger partial charge is 0.253 e. The molecule has 3 unspecified atom stereocenters. The van der Waals surface area contributed by atoms with Gasteiger partial charge in [-0.25, -0.2) is 0 Å². The Hall–Kier alpha value is -9.72. The molecule has 8 aromatic rings. The van der Waals surface area contributed by atoms with Crippen LogP contribution >= 0.6 is 0 Å². The predicted molar refractivity (Wildman–Crippen MR) is 384 cm³/mol. The summed E-state index contributed by atoms with van der Waals surface area (Å²) in [6.07, 6.45) is 5.80. The van der Waals surface area contributed by atoms with Crippen LogP contribution in [-0.2, 0) is 22.8 Å². The average Bonchev–Trinajstić information content (AvgIpc) is 1.55. The molecule has 1 saturated carbocycles. The van der Waals surface area contributed by atoms with E-state index in [9.17, 15) is 38.4 Å². The molecule has 6 atom stereocenters. The van der Waals surface area contributed by atoms with Crippen molar-refractivity contribution in [1.29, 1.82) is 0 Å². The van der Waals surface area contributed by atoms with Crippen LogP contribution in [0, 0.1) is 41.5 Å². The maximum absolute atomic E-state index is 11.7. The number of nitrogens with two attached hydrogens (primary N) is 2. The van der Waals surface area contributed by atoms with Crippen molar-refractivity contribution in [1.82, 2.24) is 71.8 Å². The first-order chi connectivity index (χ1) is 46.6. The number of aromatic amines is 8. The molecule has 3 aliphatic carbocycles. The first-order valence-corrected chi connectivity index (χ1v) is 34.2. The van der Waals surface area contributed by atoms with Gasteiger partial charge in [0, 0.05) is 97.7 Å². The van der Waals surface area contributed by atoms with E-state index in [1.54, 1.807) is 0 Å². The van der Waals surface area contributed by atoms with Crippen molar-refractivity contribution in [2.75, 3.05) is 19.7 Å². The minimum absolute atomic E-state index is 0. The van der Waals surface area contributed by atoms with E-state index in [1.165, 1.54) is 0 Å². The highest BCUT2D eigenvalue weighted by Gasteiger charge is 2.54. The van der Waals surface area contributed by atoms with Crippen molar-refractivity contribution in [3.05, 3.63) is 184 Å². The fourth-order valence-electron chi connectivity index (χ4n) is 13.7. The van der Waals surface area contributed by atoms with Gasteiger partial charge >= 0.3 is 0 Å². The molecule has 0 bridgehead atoms. The normalized spacial score (nSPS) is 20.3. The van der Waals surface area contributed by atoms with E-state index in [1.807, 2.05) is 111 Å². The van der Waals surface area contributed by atoms with Crippen molar-refractivity contribution in [2.24, 2.45) is 11.5 Å². The predicted octanol–water partition coefficient (Wildman–Crippen LogP) is 10.4. The van der Waals surface area contributed by atoms with E-state index in [2.05, 4.69) is 113 Å². The molecular weight excluding hydrogens is 1270 g/mol. The van der Waals surface area contributed by atoms with Crippen LogP contribution in [0.2, 0.25) is 0 Å². The molecule has 6 aliphatic heterocycles. The summed E-state index contributed by atoms with van der Waals surface area (Å²) in [5.41, 5.74) is 34.3. The highest BCUT2D eigenvalue weighted by molar-refractivity contribution is 6.03. The lowest BCUT2D eigenvalue weighted by Crippen LogP contribution is -2.26. The van der Waals surface area contributed by atoms with Gasteiger partial charge in [-0.05, 0) is 156 Å². The lowest BCUT2D eigenvalue weighted by molar-refractivity contribution is 0.0944. The summed E-state index contributed by atoms with van der Waals surface area (Å²) in [5, 5.41) is 26.3. The van der Waals surface area contributed by atoms with Crippen LogP contribution in [0.3, 0.4) is 0 Å². The summed E-state index contributed by atoms with van der Waals surface area (Å²) in [5.74, 6) is 0.673. The number of fused-ring (bicyclic) bond motifs is 9. The summed E-state index contributed by atoms with van der Waals surface area (Å²) >= 11 is 0. The molecule has 25 heteroatoms. The summed E-state index contributed by atoms with van der Waals surface area (Å²) in [6, 6.07) is 15.9. The first kappa shape index (κ1) is 74.5. The summed E-state index contributed by atoms with van der Waals surface area (Å²) in [4.78, 5) is 116. The number of aryl methyl sites for hydroxylation is 7. The maximum Gasteiger partial charge on any atom is 0.253 e.